The van der Waals surface area contributed by atoms with Crippen LogP contribution < -0.4 is 5.32 Å². The fourth-order valence-corrected chi connectivity index (χ4v) is 2.42. The molecule has 2 amide bonds. The third kappa shape index (κ3) is 4.74. The Balaban J connectivity index is 3.02. The molecule has 0 radical (unpaired) electrons. The zero-order valence-corrected chi connectivity index (χ0v) is 13.6. The number of benzene rings is 1. The zero-order valence-electron chi connectivity index (χ0n) is 12.9. The van der Waals surface area contributed by atoms with E-state index in [1.54, 1.807) is 17.9 Å². The molecule has 0 saturated carbocycles. The van der Waals surface area contributed by atoms with E-state index in [-0.39, 0.29) is 11.8 Å². The average molecular weight is 311 g/mol. The van der Waals surface area contributed by atoms with Crippen molar-refractivity contribution in [2.45, 2.75) is 46.2 Å². The minimum absolute atomic E-state index is 0.0481. The number of rotatable bonds is 7. The number of hydrogen-bond acceptors (Lipinski definition) is 2. The number of likely N-dealkylation sites (N-methyl/N-ethyl adjacent to an activating group) is 1. The Morgan fingerprint density at radius 3 is 2.43 bits per heavy atom. The Morgan fingerprint density at radius 2 is 1.90 bits per heavy atom. The molecular weight excluding hydrogens is 288 g/mol. The summed E-state index contributed by atoms with van der Waals surface area (Å²) in [5.74, 6) is -0.165. The normalized spacial score (nSPS) is 11.8. The first-order valence-corrected chi connectivity index (χ1v) is 7.73. The van der Waals surface area contributed by atoms with Crippen LogP contribution in [0.15, 0.2) is 24.3 Å². The van der Waals surface area contributed by atoms with E-state index in [1.807, 2.05) is 32.0 Å². The maximum Gasteiger partial charge on any atom is 0.242 e. The molecule has 0 aromatic heterocycles. The van der Waals surface area contributed by atoms with Crippen molar-refractivity contribution in [1.82, 2.24) is 10.2 Å². The smallest absolute Gasteiger partial charge is 0.242 e. The molecule has 0 aliphatic heterocycles. The number of amides is 2. The summed E-state index contributed by atoms with van der Waals surface area (Å²) in [7, 11) is 0. The Morgan fingerprint density at radius 1 is 1.24 bits per heavy atom. The maximum absolute atomic E-state index is 12.2. The first-order valence-electron chi connectivity index (χ1n) is 7.35. The van der Waals surface area contributed by atoms with Gasteiger partial charge in [0.1, 0.15) is 6.04 Å². The van der Waals surface area contributed by atoms with Crippen LogP contribution in [0.25, 0.3) is 0 Å². The van der Waals surface area contributed by atoms with Gasteiger partial charge < -0.3 is 10.2 Å². The molecule has 0 heterocycles. The lowest BCUT2D eigenvalue weighted by molar-refractivity contribution is -0.141. The molecule has 0 unspecified atom stereocenters. The van der Waals surface area contributed by atoms with Gasteiger partial charge in [-0.05, 0) is 25.0 Å². The molecule has 0 fully saturated rings. The Hall–Kier alpha value is -1.55. The Bertz CT molecular complexity index is 491. The number of nitrogens with one attached hydrogen (secondary N) is 1. The van der Waals surface area contributed by atoms with E-state index in [0.29, 0.717) is 31.0 Å². The van der Waals surface area contributed by atoms with Crippen molar-refractivity contribution in [3.05, 3.63) is 34.9 Å². The fraction of sp³-hybridized carbons (Fsp3) is 0.500. The first kappa shape index (κ1) is 17.5. The van der Waals surface area contributed by atoms with Crippen LogP contribution in [0, 0.1) is 0 Å². The van der Waals surface area contributed by atoms with Crippen LogP contribution in [0.3, 0.4) is 0 Å². The van der Waals surface area contributed by atoms with Crippen molar-refractivity contribution in [3.8, 4) is 0 Å². The van der Waals surface area contributed by atoms with Gasteiger partial charge in [0, 0.05) is 24.5 Å². The van der Waals surface area contributed by atoms with Crippen LogP contribution in [-0.4, -0.2) is 29.3 Å². The average Bonchev–Trinajstić information content (AvgIpc) is 2.48. The fourth-order valence-electron chi connectivity index (χ4n) is 2.22. The van der Waals surface area contributed by atoms with Crippen LogP contribution in [-0.2, 0) is 16.1 Å². The second-order valence-corrected chi connectivity index (χ2v) is 5.19. The molecule has 1 rings (SSSR count). The van der Waals surface area contributed by atoms with Crippen molar-refractivity contribution >= 4 is 23.4 Å². The summed E-state index contributed by atoms with van der Waals surface area (Å²) in [6.45, 7) is 6.47. The molecule has 1 aromatic rings. The standard InChI is InChI=1S/C16H23ClN2O2/c1-4-14(16(21)18-6-3)19(15(20)5-2)11-12-9-7-8-10-13(12)17/h7-10,14H,4-6,11H2,1-3H3,(H,18,21)/t14-/m1/s1. The molecule has 0 aliphatic carbocycles. The summed E-state index contributed by atoms with van der Waals surface area (Å²) in [6, 6.07) is 6.93. The minimum atomic E-state index is -0.464. The molecule has 0 saturated heterocycles. The lowest BCUT2D eigenvalue weighted by atomic mass is 10.1. The van der Waals surface area contributed by atoms with Gasteiger partial charge in [0.15, 0.2) is 0 Å². The topological polar surface area (TPSA) is 49.4 Å². The molecule has 1 N–H and O–H groups in total. The SMILES string of the molecule is CCNC(=O)[C@@H](CC)N(Cc1ccccc1Cl)C(=O)CC. The highest BCUT2D eigenvalue weighted by Crippen LogP contribution is 2.20. The van der Waals surface area contributed by atoms with Gasteiger partial charge in [0.05, 0.1) is 0 Å². The van der Waals surface area contributed by atoms with E-state index in [9.17, 15) is 9.59 Å². The number of carbonyl (C=O) groups is 2. The van der Waals surface area contributed by atoms with E-state index < -0.39 is 6.04 Å². The van der Waals surface area contributed by atoms with Crippen molar-refractivity contribution in [2.24, 2.45) is 0 Å². The maximum atomic E-state index is 12.2. The van der Waals surface area contributed by atoms with Crippen molar-refractivity contribution in [1.29, 1.82) is 0 Å². The Labute approximate surface area is 131 Å². The monoisotopic (exact) mass is 310 g/mol. The van der Waals surface area contributed by atoms with E-state index >= 15 is 0 Å². The van der Waals surface area contributed by atoms with Crippen LogP contribution in [0.5, 0.6) is 0 Å². The van der Waals surface area contributed by atoms with Gasteiger partial charge in [-0.3, -0.25) is 9.59 Å². The second-order valence-electron chi connectivity index (χ2n) is 4.79. The summed E-state index contributed by atoms with van der Waals surface area (Å²) in [5.41, 5.74) is 0.851. The van der Waals surface area contributed by atoms with E-state index in [0.717, 1.165) is 5.56 Å². The van der Waals surface area contributed by atoms with E-state index in [2.05, 4.69) is 5.32 Å². The number of nitrogens with zero attached hydrogens (tertiary/aromatic N) is 1. The lowest BCUT2D eigenvalue weighted by Crippen LogP contribution is -2.48. The summed E-state index contributed by atoms with van der Waals surface area (Å²) in [6.07, 6.45) is 0.933. The molecule has 0 aliphatic rings. The van der Waals surface area contributed by atoms with Gasteiger partial charge >= 0.3 is 0 Å². The first-order chi connectivity index (χ1) is 10.0. The molecule has 1 aromatic carbocycles. The van der Waals surface area contributed by atoms with Gasteiger partial charge in [-0.15, -0.1) is 0 Å². The summed E-state index contributed by atoms with van der Waals surface area (Å²) in [4.78, 5) is 26.0. The van der Waals surface area contributed by atoms with Gasteiger partial charge in [-0.25, -0.2) is 0 Å². The molecule has 21 heavy (non-hydrogen) atoms. The zero-order chi connectivity index (χ0) is 15.8. The third-order valence-corrected chi connectivity index (χ3v) is 3.71. The second kappa shape index (κ2) is 8.67. The summed E-state index contributed by atoms with van der Waals surface area (Å²) >= 11 is 6.17. The largest absolute Gasteiger partial charge is 0.355 e. The van der Waals surface area contributed by atoms with Gasteiger partial charge in [-0.2, -0.15) is 0 Å². The van der Waals surface area contributed by atoms with Gasteiger partial charge in [0.25, 0.3) is 0 Å². The van der Waals surface area contributed by atoms with Crippen LogP contribution in [0.1, 0.15) is 39.2 Å². The van der Waals surface area contributed by atoms with Crippen LogP contribution in [0.4, 0.5) is 0 Å². The highest BCUT2D eigenvalue weighted by molar-refractivity contribution is 6.31. The van der Waals surface area contributed by atoms with E-state index in [1.165, 1.54) is 0 Å². The van der Waals surface area contributed by atoms with Crippen molar-refractivity contribution < 1.29 is 9.59 Å². The van der Waals surface area contributed by atoms with Crippen LogP contribution >= 0.6 is 11.6 Å². The van der Waals surface area contributed by atoms with E-state index in [4.69, 9.17) is 11.6 Å². The van der Waals surface area contributed by atoms with Gasteiger partial charge in [0.2, 0.25) is 11.8 Å². The number of carbonyl (C=O) groups excluding carboxylic acids is 2. The molecule has 0 bridgehead atoms. The number of hydrogen-bond donors (Lipinski definition) is 1. The lowest BCUT2D eigenvalue weighted by Gasteiger charge is -2.30. The quantitative estimate of drug-likeness (QED) is 0.841. The molecular formula is C16H23ClN2O2. The highest BCUT2D eigenvalue weighted by Gasteiger charge is 2.27. The highest BCUT2D eigenvalue weighted by atomic mass is 35.5. The molecule has 0 spiro atoms. The van der Waals surface area contributed by atoms with Crippen molar-refractivity contribution in [2.75, 3.05) is 6.54 Å². The molecule has 4 nitrogen and oxygen atoms in total. The predicted molar refractivity (Wildman–Crippen MR) is 85.1 cm³/mol. The minimum Gasteiger partial charge on any atom is -0.355 e. The number of halogens is 1. The van der Waals surface area contributed by atoms with Crippen LogP contribution in [0.2, 0.25) is 5.02 Å². The molecule has 1 atom stereocenters. The molecule has 5 heteroatoms. The van der Waals surface area contributed by atoms with Gasteiger partial charge in [-0.1, -0.05) is 43.6 Å². The summed E-state index contributed by atoms with van der Waals surface area (Å²) < 4.78 is 0. The third-order valence-electron chi connectivity index (χ3n) is 3.34. The molecule has 116 valence electrons. The van der Waals surface area contributed by atoms with Crippen molar-refractivity contribution in [3.63, 3.8) is 0 Å². The predicted octanol–water partition coefficient (Wildman–Crippen LogP) is 2.99. The summed E-state index contributed by atoms with van der Waals surface area (Å²) in [5, 5.41) is 3.40. The Kier molecular flexibility index (Phi) is 7.23.